The van der Waals surface area contributed by atoms with Gasteiger partial charge in [0.05, 0.1) is 11.9 Å². The maximum atomic E-state index is 13.0. The van der Waals surface area contributed by atoms with Gasteiger partial charge >= 0.3 is 0 Å². The van der Waals surface area contributed by atoms with Crippen LogP contribution in [0, 0.1) is 11.3 Å². The molecule has 1 aliphatic heterocycles. The van der Waals surface area contributed by atoms with E-state index >= 15 is 0 Å². The zero-order valence-electron chi connectivity index (χ0n) is 18.2. The van der Waals surface area contributed by atoms with Gasteiger partial charge in [0.1, 0.15) is 11.6 Å². The zero-order chi connectivity index (χ0) is 23.2. The van der Waals surface area contributed by atoms with E-state index in [1.807, 2.05) is 36.2 Å². The number of nitrogens with zero attached hydrogens (tertiary/aromatic N) is 5. The van der Waals surface area contributed by atoms with Gasteiger partial charge in [0.2, 0.25) is 5.95 Å². The average molecular weight is 441 g/mol. The van der Waals surface area contributed by atoms with Crippen molar-refractivity contribution in [3.8, 4) is 17.3 Å². The van der Waals surface area contributed by atoms with Gasteiger partial charge < -0.3 is 9.80 Å². The lowest BCUT2D eigenvalue weighted by molar-refractivity contribution is 0.0664. The Kier molecular flexibility index (Phi) is 6.57. The standard InChI is InChI=1S/C24H23N7O2/c1-30-11-13-31(14-12-30)23(33)19-10-6-5-9-18(19)16-26-29-24-27-21(17-7-3-2-4-8-17)20(15-25)22(32)28-24/h2-10,16H,11-14H2,1H3,(H2,27,28,29,32). The van der Waals surface area contributed by atoms with E-state index in [2.05, 4.69) is 25.4 Å². The molecule has 0 atom stereocenters. The first kappa shape index (κ1) is 21.9. The van der Waals surface area contributed by atoms with Crippen molar-refractivity contribution in [2.45, 2.75) is 0 Å². The number of H-pyrrole nitrogens is 1. The molecule has 3 aromatic rings. The largest absolute Gasteiger partial charge is 0.336 e. The van der Waals surface area contributed by atoms with Gasteiger partial charge in [-0.2, -0.15) is 10.4 Å². The van der Waals surface area contributed by atoms with Gasteiger partial charge in [0.25, 0.3) is 11.5 Å². The van der Waals surface area contributed by atoms with Crippen molar-refractivity contribution in [2.75, 3.05) is 38.7 Å². The molecule has 1 fully saturated rings. The number of carbonyl (C=O) groups is 1. The van der Waals surface area contributed by atoms with Crippen LogP contribution < -0.4 is 11.0 Å². The summed E-state index contributed by atoms with van der Waals surface area (Å²) in [4.78, 5) is 36.3. The second-order valence-electron chi connectivity index (χ2n) is 7.67. The van der Waals surface area contributed by atoms with Crippen LogP contribution in [0.4, 0.5) is 5.95 Å². The minimum Gasteiger partial charge on any atom is -0.336 e. The third-order valence-electron chi connectivity index (χ3n) is 5.43. The molecule has 0 radical (unpaired) electrons. The number of piperazine rings is 1. The lowest BCUT2D eigenvalue weighted by Crippen LogP contribution is -2.47. The summed E-state index contributed by atoms with van der Waals surface area (Å²) in [5.74, 6) is 0.0541. The molecule has 2 heterocycles. The number of nitrogens with one attached hydrogen (secondary N) is 2. The molecule has 0 spiro atoms. The van der Waals surface area contributed by atoms with E-state index in [1.54, 1.807) is 36.4 Å². The molecule has 4 rings (SSSR count). The molecule has 0 aliphatic carbocycles. The summed E-state index contributed by atoms with van der Waals surface area (Å²) in [7, 11) is 2.04. The molecule has 1 aromatic heterocycles. The number of carbonyl (C=O) groups excluding carboxylic acids is 1. The van der Waals surface area contributed by atoms with E-state index in [4.69, 9.17) is 0 Å². The van der Waals surface area contributed by atoms with Crippen LogP contribution in [-0.2, 0) is 0 Å². The van der Waals surface area contributed by atoms with Gasteiger partial charge in [0.15, 0.2) is 0 Å². The van der Waals surface area contributed by atoms with Crippen LogP contribution in [0.15, 0.2) is 64.5 Å². The van der Waals surface area contributed by atoms with E-state index in [-0.39, 0.29) is 23.1 Å². The Hall–Kier alpha value is -4.29. The Balaban J connectivity index is 1.56. The van der Waals surface area contributed by atoms with Crippen LogP contribution in [-0.4, -0.2) is 65.1 Å². The summed E-state index contributed by atoms with van der Waals surface area (Å²) >= 11 is 0. The highest BCUT2D eigenvalue weighted by Gasteiger charge is 2.21. The first-order valence-corrected chi connectivity index (χ1v) is 10.5. The number of benzene rings is 2. The fourth-order valence-corrected chi connectivity index (χ4v) is 3.58. The van der Waals surface area contributed by atoms with Gasteiger partial charge in [-0.05, 0) is 13.1 Å². The highest BCUT2D eigenvalue weighted by Crippen LogP contribution is 2.19. The predicted octanol–water partition coefficient (Wildman–Crippen LogP) is 2.14. The summed E-state index contributed by atoms with van der Waals surface area (Å²) in [6, 6.07) is 18.1. The molecule has 1 amide bonds. The Bertz CT molecular complexity index is 1270. The van der Waals surface area contributed by atoms with Crippen LogP contribution in [0.2, 0.25) is 0 Å². The van der Waals surface area contributed by atoms with E-state index in [0.29, 0.717) is 29.8 Å². The predicted molar refractivity (Wildman–Crippen MR) is 126 cm³/mol. The molecule has 1 saturated heterocycles. The maximum Gasteiger partial charge on any atom is 0.270 e. The SMILES string of the molecule is CN1CCN(C(=O)c2ccccc2C=NNc2nc(-c3ccccc3)c(C#N)c(=O)[nH]2)CC1. The second-order valence-corrected chi connectivity index (χ2v) is 7.67. The van der Waals surface area contributed by atoms with Crippen LogP contribution in [0.1, 0.15) is 21.5 Å². The van der Waals surface area contributed by atoms with E-state index < -0.39 is 5.56 Å². The van der Waals surface area contributed by atoms with E-state index in [0.717, 1.165) is 13.1 Å². The lowest BCUT2D eigenvalue weighted by Gasteiger charge is -2.32. The Morgan fingerprint density at radius 2 is 1.82 bits per heavy atom. The molecule has 9 nitrogen and oxygen atoms in total. The molecule has 2 N–H and O–H groups in total. The van der Waals surface area contributed by atoms with Crippen molar-refractivity contribution >= 4 is 18.1 Å². The number of likely N-dealkylation sites (N-methyl/N-ethyl adjacent to an activating group) is 1. The summed E-state index contributed by atoms with van der Waals surface area (Å²) in [5.41, 5.74) is 4.20. The number of nitriles is 1. The third kappa shape index (κ3) is 4.97. The minimum absolute atomic E-state index is 0.0404. The smallest absolute Gasteiger partial charge is 0.270 e. The van der Waals surface area contributed by atoms with Crippen molar-refractivity contribution in [1.29, 1.82) is 5.26 Å². The van der Waals surface area contributed by atoms with Crippen molar-refractivity contribution in [3.63, 3.8) is 0 Å². The molecule has 1 aliphatic rings. The van der Waals surface area contributed by atoms with Crippen molar-refractivity contribution < 1.29 is 4.79 Å². The number of amides is 1. The first-order valence-electron chi connectivity index (χ1n) is 10.5. The number of aromatic nitrogens is 2. The highest BCUT2D eigenvalue weighted by molar-refractivity contribution is 6.02. The number of hydrazone groups is 1. The normalized spacial score (nSPS) is 14.2. The summed E-state index contributed by atoms with van der Waals surface area (Å²) in [6.45, 7) is 3.03. The van der Waals surface area contributed by atoms with Crippen LogP contribution >= 0.6 is 0 Å². The molecular formula is C24H23N7O2. The summed E-state index contributed by atoms with van der Waals surface area (Å²) in [5, 5.41) is 13.6. The molecule has 9 heteroatoms. The zero-order valence-corrected chi connectivity index (χ0v) is 18.2. The number of hydrogen-bond acceptors (Lipinski definition) is 7. The molecule has 0 bridgehead atoms. The van der Waals surface area contributed by atoms with Crippen molar-refractivity contribution in [2.24, 2.45) is 5.10 Å². The van der Waals surface area contributed by atoms with Crippen LogP contribution in [0.25, 0.3) is 11.3 Å². The Labute approximate surface area is 191 Å². The van der Waals surface area contributed by atoms with Gasteiger partial charge in [-0.25, -0.2) is 10.4 Å². The third-order valence-corrected chi connectivity index (χ3v) is 5.43. The van der Waals surface area contributed by atoms with Gasteiger partial charge in [0, 0.05) is 42.9 Å². The molecule has 0 saturated carbocycles. The first-order chi connectivity index (χ1) is 16.1. The number of hydrogen-bond donors (Lipinski definition) is 2. The lowest BCUT2D eigenvalue weighted by atomic mass is 10.1. The number of aromatic amines is 1. The summed E-state index contributed by atoms with van der Waals surface area (Å²) in [6.07, 6.45) is 1.52. The quantitative estimate of drug-likeness (QED) is 0.463. The number of anilines is 1. The maximum absolute atomic E-state index is 13.0. The molecule has 166 valence electrons. The average Bonchev–Trinajstić information content (AvgIpc) is 2.84. The van der Waals surface area contributed by atoms with Crippen molar-refractivity contribution in [3.05, 3.63) is 81.6 Å². The van der Waals surface area contributed by atoms with Crippen LogP contribution in [0.5, 0.6) is 0 Å². The second kappa shape index (κ2) is 9.89. The molecular weight excluding hydrogens is 418 g/mol. The summed E-state index contributed by atoms with van der Waals surface area (Å²) < 4.78 is 0. The van der Waals surface area contributed by atoms with Gasteiger partial charge in [-0.1, -0.05) is 48.5 Å². The fourth-order valence-electron chi connectivity index (χ4n) is 3.58. The minimum atomic E-state index is -0.560. The van der Waals surface area contributed by atoms with Gasteiger partial charge in [-0.15, -0.1) is 0 Å². The number of rotatable bonds is 5. The molecule has 33 heavy (non-hydrogen) atoms. The Morgan fingerprint density at radius 1 is 1.12 bits per heavy atom. The van der Waals surface area contributed by atoms with Gasteiger partial charge in [-0.3, -0.25) is 14.6 Å². The highest BCUT2D eigenvalue weighted by atomic mass is 16.2. The molecule has 0 unspecified atom stereocenters. The van der Waals surface area contributed by atoms with E-state index in [9.17, 15) is 14.9 Å². The van der Waals surface area contributed by atoms with E-state index in [1.165, 1.54) is 6.21 Å². The monoisotopic (exact) mass is 441 g/mol. The van der Waals surface area contributed by atoms with Crippen LogP contribution in [0.3, 0.4) is 0 Å². The Morgan fingerprint density at radius 3 is 2.55 bits per heavy atom. The molecule has 2 aromatic carbocycles. The topological polar surface area (TPSA) is 117 Å². The fraction of sp³-hybridized carbons (Fsp3) is 0.208. The van der Waals surface area contributed by atoms with Crippen molar-refractivity contribution in [1.82, 2.24) is 19.8 Å².